The van der Waals surface area contributed by atoms with E-state index in [9.17, 15) is 9.59 Å². The lowest BCUT2D eigenvalue weighted by atomic mass is 10.1. The van der Waals surface area contributed by atoms with E-state index < -0.39 is 0 Å². The van der Waals surface area contributed by atoms with Crippen LogP contribution in [0.1, 0.15) is 11.1 Å². The number of ether oxygens (including phenoxy) is 2. The van der Waals surface area contributed by atoms with Gasteiger partial charge in [-0.15, -0.1) is 6.42 Å². The molecule has 1 fully saturated rings. The number of benzene rings is 1. The van der Waals surface area contributed by atoms with Crippen LogP contribution < -0.4 is 9.47 Å². The Balaban J connectivity index is 2.40. The third-order valence-corrected chi connectivity index (χ3v) is 4.09. The van der Waals surface area contributed by atoms with Gasteiger partial charge in [0.25, 0.3) is 11.1 Å². The Kier molecular flexibility index (Phi) is 4.78. The molecule has 1 aromatic rings. The Hall–Kier alpha value is -2.39. The molecular formula is C16H15NO4S. The summed E-state index contributed by atoms with van der Waals surface area (Å²) in [6.45, 7) is 1.87. The van der Waals surface area contributed by atoms with E-state index in [4.69, 9.17) is 15.9 Å². The third kappa shape index (κ3) is 2.95. The average Bonchev–Trinajstić information content (AvgIpc) is 2.76. The molecule has 1 aromatic carbocycles. The van der Waals surface area contributed by atoms with Crippen LogP contribution in [0.2, 0.25) is 0 Å². The van der Waals surface area contributed by atoms with Crippen molar-refractivity contribution in [3.05, 3.63) is 28.2 Å². The second-order valence-electron chi connectivity index (χ2n) is 4.54. The molecule has 6 heteroatoms. The summed E-state index contributed by atoms with van der Waals surface area (Å²) in [7, 11) is 3.10. The number of hydrogen-bond donors (Lipinski definition) is 0. The molecule has 0 N–H and O–H groups in total. The zero-order valence-electron chi connectivity index (χ0n) is 12.5. The summed E-state index contributed by atoms with van der Waals surface area (Å²) in [5.41, 5.74) is 1.69. The van der Waals surface area contributed by atoms with Gasteiger partial charge in [-0.05, 0) is 48.0 Å². The number of thioether (sulfide) groups is 1. The predicted molar refractivity (Wildman–Crippen MR) is 85.8 cm³/mol. The summed E-state index contributed by atoms with van der Waals surface area (Å²) in [5.74, 6) is 3.10. The molecule has 0 spiro atoms. The zero-order valence-corrected chi connectivity index (χ0v) is 13.3. The third-order valence-electron chi connectivity index (χ3n) is 3.18. The van der Waals surface area contributed by atoms with Crippen molar-refractivity contribution in [3.63, 3.8) is 0 Å². The van der Waals surface area contributed by atoms with Gasteiger partial charge in [0.1, 0.15) is 0 Å². The zero-order chi connectivity index (χ0) is 16.3. The molecule has 0 atom stereocenters. The summed E-state index contributed by atoms with van der Waals surface area (Å²) < 4.78 is 10.5. The van der Waals surface area contributed by atoms with Gasteiger partial charge in [0.05, 0.1) is 25.7 Å². The first-order valence-corrected chi connectivity index (χ1v) is 7.25. The fourth-order valence-corrected chi connectivity index (χ4v) is 2.85. The summed E-state index contributed by atoms with van der Waals surface area (Å²) >= 11 is 0.880. The van der Waals surface area contributed by atoms with Crippen LogP contribution in [0.5, 0.6) is 11.5 Å². The van der Waals surface area contributed by atoms with Gasteiger partial charge in [0.2, 0.25) is 0 Å². The van der Waals surface area contributed by atoms with Crippen molar-refractivity contribution in [1.82, 2.24) is 4.90 Å². The number of imide groups is 1. The normalized spacial score (nSPS) is 16.1. The molecule has 2 rings (SSSR count). The standard InChI is InChI=1S/C16H15NO4S/c1-5-6-17-15(18)14(22-16(17)19)9-11-8-13(21-4)12(20-3)7-10(11)2/h1,7-9H,6H2,2-4H3/b14-9+. The van der Waals surface area contributed by atoms with E-state index in [0.717, 1.165) is 27.8 Å². The summed E-state index contributed by atoms with van der Waals surface area (Å²) in [6.07, 6.45) is 6.83. The summed E-state index contributed by atoms with van der Waals surface area (Å²) in [5, 5.41) is -0.354. The Morgan fingerprint density at radius 2 is 1.91 bits per heavy atom. The highest BCUT2D eigenvalue weighted by atomic mass is 32.2. The van der Waals surface area contributed by atoms with E-state index in [1.807, 2.05) is 13.0 Å². The number of aryl methyl sites for hydroxylation is 1. The lowest BCUT2D eigenvalue weighted by molar-refractivity contribution is -0.122. The van der Waals surface area contributed by atoms with Crippen molar-refractivity contribution in [2.24, 2.45) is 0 Å². The molecule has 1 saturated heterocycles. The van der Waals surface area contributed by atoms with Gasteiger partial charge >= 0.3 is 0 Å². The average molecular weight is 317 g/mol. The van der Waals surface area contributed by atoms with Crippen LogP contribution in [0.25, 0.3) is 6.08 Å². The first kappa shape index (κ1) is 16.0. The molecule has 2 amide bonds. The molecule has 0 unspecified atom stereocenters. The van der Waals surface area contributed by atoms with E-state index in [-0.39, 0.29) is 17.7 Å². The molecule has 5 nitrogen and oxygen atoms in total. The molecule has 1 heterocycles. The topological polar surface area (TPSA) is 55.8 Å². The Morgan fingerprint density at radius 1 is 1.27 bits per heavy atom. The maximum atomic E-state index is 12.2. The Morgan fingerprint density at radius 3 is 2.50 bits per heavy atom. The predicted octanol–water partition coefficient (Wildman–Crippen LogP) is 2.68. The quantitative estimate of drug-likeness (QED) is 0.631. The van der Waals surface area contributed by atoms with Crippen LogP contribution in [-0.2, 0) is 4.79 Å². The monoisotopic (exact) mass is 317 g/mol. The van der Waals surface area contributed by atoms with Crippen molar-refractivity contribution in [2.75, 3.05) is 20.8 Å². The van der Waals surface area contributed by atoms with Crippen molar-refractivity contribution in [1.29, 1.82) is 0 Å². The van der Waals surface area contributed by atoms with Crippen LogP contribution in [0.4, 0.5) is 4.79 Å². The molecule has 0 radical (unpaired) electrons. The van der Waals surface area contributed by atoms with Crippen LogP contribution in [-0.4, -0.2) is 36.8 Å². The first-order valence-electron chi connectivity index (χ1n) is 6.43. The van der Waals surface area contributed by atoms with Crippen LogP contribution in [0.3, 0.4) is 0 Å². The number of hydrogen-bond acceptors (Lipinski definition) is 5. The van der Waals surface area contributed by atoms with Crippen molar-refractivity contribution in [3.8, 4) is 23.8 Å². The molecule has 22 heavy (non-hydrogen) atoms. The number of nitrogens with zero attached hydrogens (tertiary/aromatic N) is 1. The highest BCUT2D eigenvalue weighted by Gasteiger charge is 2.34. The van der Waals surface area contributed by atoms with Gasteiger partial charge in [0, 0.05) is 0 Å². The molecule has 0 saturated carbocycles. The highest BCUT2D eigenvalue weighted by molar-refractivity contribution is 8.18. The van der Waals surface area contributed by atoms with Gasteiger partial charge in [-0.1, -0.05) is 5.92 Å². The van der Waals surface area contributed by atoms with Gasteiger partial charge in [-0.25, -0.2) is 0 Å². The Bertz CT molecular complexity index is 703. The maximum Gasteiger partial charge on any atom is 0.294 e. The SMILES string of the molecule is C#CCN1C(=O)S/C(=C/c2cc(OC)c(OC)cc2C)C1=O. The first-order chi connectivity index (χ1) is 10.5. The van der Waals surface area contributed by atoms with Crippen LogP contribution in [0.15, 0.2) is 17.0 Å². The number of methoxy groups -OCH3 is 2. The largest absolute Gasteiger partial charge is 0.493 e. The molecule has 0 aliphatic carbocycles. The van der Waals surface area contributed by atoms with Crippen molar-refractivity contribution < 1.29 is 19.1 Å². The number of carbonyl (C=O) groups is 2. The van der Waals surface area contributed by atoms with E-state index in [2.05, 4.69) is 5.92 Å². The number of carbonyl (C=O) groups excluding carboxylic acids is 2. The minimum atomic E-state index is -0.373. The van der Waals surface area contributed by atoms with E-state index in [0.29, 0.717) is 16.4 Å². The smallest absolute Gasteiger partial charge is 0.294 e. The molecule has 1 aliphatic heterocycles. The van der Waals surface area contributed by atoms with Gasteiger partial charge in [-0.3, -0.25) is 14.5 Å². The number of terminal acetylenes is 1. The van der Waals surface area contributed by atoms with Gasteiger partial charge in [0.15, 0.2) is 11.5 Å². The second kappa shape index (κ2) is 6.58. The minimum absolute atomic E-state index is 0.0209. The van der Waals surface area contributed by atoms with Gasteiger partial charge in [-0.2, -0.15) is 0 Å². The molecule has 1 aliphatic rings. The van der Waals surface area contributed by atoms with Crippen LogP contribution >= 0.6 is 11.8 Å². The van der Waals surface area contributed by atoms with Gasteiger partial charge < -0.3 is 9.47 Å². The van der Waals surface area contributed by atoms with Crippen molar-refractivity contribution >= 4 is 29.0 Å². The van der Waals surface area contributed by atoms with E-state index in [1.165, 1.54) is 7.11 Å². The lowest BCUT2D eigenvalue weighted by Gasteiger charge is -2.11. The molecule has 114 valence electrons. The molecule has 0 aromatic heterocycles. The minimum Gasteiger partial charge on any atom is -0.493 e. The highest BCUT2D eigenvalue weighted by Crippen LogP contribution is 2.35. The summed E-state index contributed by atoms with van der Waals surface area (Å²) in [6, 6.07) is 3.58. The second-order valence-corrected chi connectivity index (χ2v) is 5.53. The van der Waals surface area contributed by atoms with E-state index in [1.54, 1.807) is 19.3 Å². The van der Waals surface area contributed by atoms with Crippen molar-refractivity contribution in [2.45, 2.75) is 6.92 Å². The Labute approximate surface area is 133 Å². The molecular weight excluding hydrogens is 302 g/mol. The lowest BCUT2D eigenvalue weighted by Crippen LogP contribution is -2.28. The molecule has 0 bridgehead atoms. The van der Waals surface area contributed by atoms with E-state index >= 15 is 0 Å². The number of amides is 2. The fraction of sp³-hybridized carbons (Fsp3) is 0.250. The number of rotatable bonds is 4. The maximum absolute atomic E-state index is 12.2. The summed E-state index contributed by atoms with van der Waals surface area (Å²) in [4.78, 5) is 25.3. The fourth-order valence-electron chi connectivity index (χ4n) is 2.02. The van der Waals surface area contributed by atoms with Crippen LogP contribution in [0, 0.1) is 19.3 Å².